The van der Waals surface area contributed by atoms with Gasteiger partial charge in [0.15, 0.2) is 0 Å². The average molecular weight is 345 g/mol. The van der Waals surface area contributed by atoms with Gasteiger partial charge in [-0.1, -0.05) is 28.1 Å². The SMILES string of the molecule is CN(C)CCn1nc(-c2ccc(Br)cc2)c2cnccc21. The minimum Gasteiger partial charge on any atom is -0.308 e. The summed E-state index contributed by atoms with van der Waals surface area (Å²) in [6, 6.07) is 10.3. The molecule has 0 N–H and O–H groups in total. The molecule has 0 atom stereocenters. The van der Waals surface area contributed by atoms with Crippen molar-refractivity contribution >= 4 is 26.8 Å². The van der Waals surface area contributed by atoms with Gasteiger partial charge in [-0.05, 0) is 32.3 Å². The molecule has 3 aromatic rings. The zero-order valence-electron chi connectivity index (χ0n) is 12.1. The summed E-state index contributed by atoms with van der Waals surface area (Å²) in [5.74, 6) is 0. The molecule has 2 heterocycles. The highest BCUT2D eigenvalue weighted by Crippen LogP contribution is 2.28. The average Bonchev–Trinajstić information content (AvgIpc) is 2.85. The van der Waals surface area contributed by atoms with Crippen LogP contribution in [-0.2, 0) is 6.54 Å². The molecular formula is C16H17BrN4. The van der Waals surface area contributed by atoms with Gasteiger partial charge in [0.05, 0.1) is 12.1 Å². The topological polar surface area (TPSA) is 34.0 Å². The van der Waals surface area contributed by atoms with Crippen LogP contribution in [0.3, 0.4) is 0 Å². The molecule has 5 heteroatoms. The van der Waals surface area contributed by atoms with Crippen LogP contribution in [0.1, 0.15) is 0 Å². The number of nitrogens with zero attached hydrogens (tertiary/aromatic N) is 4. The molecular weight excluding hydrogens is 328 g/mol. The lowest BCUT2D eigenvalue weighted by atomic mass is 10.1. The maximum Gasteiger partial charge on any atom is 0.102 e. The third-order valence-electron chi connectivity index (χ3n) is 3.43. The first-order chi connectivity index (χ1) is 10.1. The molecule has 0 unspecified atom stereocenters. The Bertz CT molecular complexity index is 747. The molecule has 0 fully saturated rings. The van der Waals surface area contributed by atoms with Crippen LogP contribution in [0.2, 0.25) is 0 Å². The molecule has 0 bridgehead atoms. The van der Waals surface area contributed by atoms with E-state index in [1.165, 1.54) is 0 Å². The summed E-state index contributed by atoms with van der Waals surface area (Å²) < 4.78 is 3.13. The molecule has 108 valence electrons. The molecule has 0 aliphatic carbocycles. The number of hydrogen-bond donors (Lipinski definition) is 0. The van der Waals surface area contributed by atoms with Crippen molar-refractivity contribution < 1.29 is 0 Å². The van der Waals surface area contributed by atoms with E-state index < -0.39 is 0 Å². The number of hydrogen-bond acceptors (Lipinski definition) is 3. The molecule has 1 aromatic carbocycles. The van der Waals surface area contributed by atoms with Gasteiger partial charge >= 0.3 is 0 Å². The molecule has 4 nitrogen and oxygen atoms in total. The predicted octanol–water partition coefficient (Wildman–Crippen LogP) is 3.42. The van der Waals surface area contributed by atoms with Gasteiger partial charge in [0, 0.05) is 34.4 Å². The maximum atomic E-state index is 4.80. The highest BCUT2D eigenvalue weighted by molar-refractivity contribution is 9.10. The van der Waals surface area contributed by atoms with Gasteiger partial charge in [-0.15, -0.1) is 0 Å². The molecule has 0 saturated carbocycles. The van der Waals surface area contributed by atoms with Crippen LogP contribution < -0.4 is 0 Å². The van der Waals surface area contributed by atoms with Crippen LogP contribution in [-0.4, -0.2) is 40.3 Å². The Labute approximate surface area is 132 Å². The summed E-state index contributed by atoms with van der Waals surface area (Å²) in [6.07, 6.45) is 3.72. The molecule has 21 heavy (non-hydrogen) atoms. The van der Waals surface area contributed by atoms with Crippen LogP contribution in [0.5, 0.6) is 0 Å². The van der Waals surface area contributed by atoms with E-state index in [1.54, 1.807) is 0 Å². The Morgan fingerprint density at radius 1 is 1.14 bits per heavy atom. The van der Waals surface area contributed by atoms with Crippen molar-refractivity contribution in [3.05, 3.63) is 47.2 Å². The predicted molar refractivity (Wildman–Crippen MR) is 89.2 cm³/mol. The van der Waals surface area contributed by atoms with Crippen molar-refractivity contribution in [3.63, 3.8) is 0 Å². The minimum atomic E-state index is 0.865. The number of rotatable bonds is 4. The molecule has 0 aliphatic rings. The third-order valence-corrected chi connectivity index (χ3v) is 3.96. The molecule has 0 saturated heterocycles. The quantitative estimate of drug-likeness (QED) is 0.727. The number of benzene rings is 1. The second-order valence-electron chi connectivity index (χ2n) is 5.27. The highest BCUT2D eigenvalue weighted by atomic mass is 79.9. The van der Waals surface area contributed by atoms with Crippen LogP contribution in [0.4, 0.5) is 0 Å². The Morgan fingerprint density at radius 3 is 2.62 bits per heavy atom. The minimum absolute atomic E-state index is 0.865. The molecule has 0 radical (unpaired) electrons. The lowest BCUT2D eigenvalue weighted by Gasteiger charge is -2.09. The fourth-order valence-corrected chi connectivity index (χ4v) is 2.57. The molecule has 2 aromatic heterocycles. The Kier molecular flexibility index (Phi) is 4.03. The summed E-state index contributed by atoms with van der Waals surface area (Å²) in [4.78, 5) is 6.41. The van der Waals surface area contributed by atoms with Gasteiger partial charge in [-0.25, -0.2) is 0 Å². The largest absolute Gasteiger partial charge is 0.308 e. The summed E-state index contributed by atoms with van der Waals surface area (Å²) in [7, 11) is 4.14. The zero-order chi connectivity index (χ0) is 14.8. The van der Waals surface area contributed by atoms with Crippen LogP contribution >= 0.6 is 15.9 Å². The van der Waals surface area contributed by atoms with E-state index in [1.807, 2.05) is 30.6 Å². The molecule has 0 amide bonds. The first-order valence-corrected chi connectivity index (χ1v) is 7.65. The number of likely N-dealkylation sites (N-methyl/N-ethyl adjacent to an activating group) is 1. The fraction of sp³-hybridized carbons (Fsp3) is 0.250. The molecule has 3 rings (SSSR count). The lowest BCUT2D eigenvalue weighted by molar-refractivity contribution is 0.377. The van der Waals surface area contributed by atoms with Gasteiger partial charge in [0.2, 0.25) is 0 Å². The smallest absolute Gasteiger partial charge is 0.102 e. The Morgan fingerprint density at radius 2 is 1.90 bits per heavy atom. The first kappa shape index (κ1) is 14.2. The summed E-state index contributed by atoms with van der Waals surface area (Å²) in [6.45, 7) is 1.82. The maximum absolute atomic E-state index is 4.80. The summed E-state index contributed by atoms with van der Waals surface area (Å²) in [5.41, 5.74) is 3.23. The molecule has 0 aliphatic heterocycles. The Hall–Kier alpha value is -1.72. The van der Waals surface area contributed by atoms with E-state index in [4.69, 9.17) is 5.10 Å². The molecule has 0 spiro atoms. The highest BCUT2D eigenvalue weighted by Gasteiger charge is 2.12. The van der Waals surface area contributed by atoms with E-state index in [-0.39, 0.29) is 0 Å². The van der Waals surface area contributed by atoms with Crippen molar-refractivity contribution in [2.75, 3.05) is 20.6 Å². The van der Waals surface area contributed by atoms with Crippen LogP contribution in [0, 0.1) is 0 Å². The fourth-order valence-electron chi connectivity index (χ4n) is 2.31. The van der Waals surface area contributed by atoms with Gasteiger partial charge in [0.25, 0.3) is 0 Å². The van der Waals surface area contributed by atoms with E-state index in [0.717, 1.165) is 39.7 Å². The second kappa shape index (κ2) is 5.95. The number of pyridine rings is 1. The number of fused-ring (bicyclic) bond motifs is 1. The third kappa shape index (κ3) is 2.99. The van der Waals surface area contributed by atoms with E-state index in [2.05, 4.69) is 56.7 Å². The zero-order valence-corrected chi connectivity index (χ0v) is 13.7. The van der Waals surface area contributed by atoms with Gasteiger partial charge in [0.1, 0.15) is 5.69 Å². The van der Waals surface area contributed by atoms with Crippen LogP contribution in [0.25, 0.3) is 22.2 Å². The summed E-state index contributed by atoms with van der Waals surface area (Å²) in [5, 5.41) is 5.89. The lowest BCUT2D eigenvalue weighted by Crippen LogP contribution is -2.18. The van der Waals surface area contributed by atoms with Crippen molar-refractivity contribution in [3.8, 4) is 11.3 Å². The van der Waals surface area contributed by atoms with Crippen molar-refractivity contribution in [1.29, 1.82) is 0 Å². The van der Waals surface area contributed by atoms with E-state index in [0.29, 0.717) is 0 Å². The van der Waals surface area contributed by atoms with Gasteiger partial charge < -0.3 is 4.90 Å². The summed E-state index contributed by atoms with van der Waals surface area (Å²) >= 11 is 3.47. The number of aromatic nitrogens is 3. The van der Waals surface area contributed by atoms with E-state index in [9.17, 15) is 0 Å². The number of halogens is 1. The van der Waals surface area contributed by atoms with Crippen molar-refractivity contribution in [2.24, 2.45) is 0 Å². The van der Waals surface area contributed by atoms with E-state index >= 15 is 0 Å². The van der Waals surface area contributed by atoms with Crippen molar-refractivity contribution in [1.82, 2.24) is 19.7 Å². The Balaban J connectivity index is 2.08. The van der Waals surface area contributed by atoms with Crippen molar-refractivity contribution in [2.45, 2.75) is 6.54 Å². The second-order valence-corrected chi connectivity index (χ2v) is 6.19. The normalized spacial score (nSPS) is 11.4. The van der Waals surface area contributed by atoms with Gasteiger partial charge in [-0.2, -0.15) is 5.10 Å². The standard InChI is InChI=1S/C16H17BrN4/c1-20(2)9-10-21-15-7-8-18-11-14(15)16(19-21)12-3-5-13(17)6-4-12/h3-8,11H,9-10H2,1-2H3. The van der Waals surface area contributed by atoms with Crippen LogP contribution in [0.15, 0.2) is 47.2 Å². The van der Waals surface area contributed by atoms with Gasteiger partial charge in [-0.3, -0.25) is 9.67 Å². The first-order valence-electron chi connectivity index (χ1n) is 6.86. The monoisotopic (exact) mass is 344 g/mol.